The smallest absolute Gasteiger partial charge is 0.249 e. The number of nitrogens with zero attached hydrogens (tertiary/aromatic N) is 1. The van der Waals surface area contributed by atoms with Crippen LogP contribution in [0.3, 0.4) is 0 Å². The summed E-state index contributed by atoms with van der Waals surface area (Å²) in [5.74, 6) is 0.486. The quantitative estimate of drug-likeness (QED) is 0.841. The van der Waals surface area contributed by atoms with Crippen LogP contribution >= 0.6 is 0 Å². The second-order valence-electron chi connectivity index (χ2n) is 7.77. The molecule has 2 aromatic carbocycles. The van der Waals surface area contributed by atoms with Crippen LogP contribution in [-0.2, 0) is 4.79 Å². The van der Waals surface area contributed by atoms with Gasteiger partial charge in [0, 0.05) is 5.92 Å². The van der Waals surface area contributed by atoms with E-state index in [9.17, 15) is 4.79 Å². The molecule has 2 aromatic rings. The monoisotopic (exact) mass is 334 g/mol. The van der Waals surface area contributed by atoms with Gasteiger partial charge in [0.15, 0.2) is 0 Å². The molecule has 1 saturated heterocycles. The van der Waals surface area contributed by atoms with Crippen molar-refractivity contribution in [3.63, 3.8) is 0 Å². The first kappa shape index (κ1) is 16.3. The predicted octanol–water partition coefficient (Wildman–Crippen LogP) is 4.35. The third-order valence-electron chi connectivity index (χ3n) is 5.66. The average Bonchev–Trinajstić information content (AvgIpc) is 2.99. The maximum absolute atomic E-state index is 13.5. The van der Waals surface area contributed by atoms with Crippen molar-refractivity contribution in [1.29, 1.82) is 0 Å². The second-order valence-corrected chi connectivity index (χ2v) is 7.77. The molecule has 2 heterocycles. The lowest BCUT2D eigenvalue weighted by atomic mass is 9.83. The maximum atomic E-state index is 13.5. The van der Waals surface area contributed by atoms with Crippen LogP contribution in [0.15, 0.2) is 24.3 Å². The summed E-state index contributed by atoms with van der Waals surface area (Å²) >= 11 is 0. The molecule has 3 heteroatoms. The van der Waals surface area contributed by atoms with Gasteiger partial charge in [-0.3, -0.25) is 9.69 Å². The highest BCUT2D eigenvalue weighted by molar-refractivity contribution is 6.09. The molecule has 0 bridgehead atoms. The van der Waals surface area contributed by atoms with Crippen molar-refractivity contribution in [3.05, 3.63) is 57.6 Å². The van der Waals surface area contributed by atoms with Crippen molar-refractivity contribution in [3.8, 4) is 0 Å². The van der Waals surface area contributed by atoms with Crippen LogP contribution in [0.25, 0.3) is 0 Å². The first-order valence-corrected chi connectivity index (χ1v) is 9.15. The zero-order valence-electron chi connectivity index (χ0n) is 15.7. The molecule has 0 saturated carbocycles. The molecule has 0 aliphatic carbocycles. The number of amides is 1. The van der Waals surface area contributed by atoms with E-state index in [1.54, 1.807) is 0 Å². The summed E-state index contributed by atoms with van der Waals surface area (Å²) < 4.78 is 0. The number of carbonyl (C=O) groups excluding carboxylic acids is 1. The first-order chi connectivity index (χ1) is 11.9. The third kappa shape index (κ3) is 2.41. The fourth-order valence-electron chi connectivity index (χ4n) is 4.88. The number of hydrogen-bond donors (Lipinski definition) is 1. The van der Waals surface area contributed by atoms with E-state index in [1.165, 1.54) is 22.3 Å². The topological polar surface area (TPSA) is 32.3 Å². The number of rotatable bonds is 1. The van der Waals surface area contributed by atoms with E-state index in [0.717, 1.165) is 35.5 Å². The van der Waals surface area contributed by atoms with Gasteiger partial charge < -0.3 is 5.32 Å². The molecule has 2 unspecified atom stereocenters. The highest BCUT2D eigenvalue weighted by Gasteiger charge is 2.44. The third-order valence-corrected chi connectivity index (χ3v) is 5.66. The summed E-state index contributed by atoms with van der Waals surface area (Å²) in [6, 6.07) is 8.72. The molecule has 2 aliphatic rings. The van der Waals surface area contributed by atoms with Crippen LogP contribution in [0.4, 0.5) is 11.4 Å². The van der Waals surface area contributed by atoms with Gasteiger partial charge in [0.2, 0.25) is 5.91 Å². The number of hydrogen-bond acceptors (Lipinski definition) is 2. The van der Waals surface area contributed by atoms with Crippen molar-refractivity contribution in [2.45, 2.75) is 53.0 Å². The van der Waals surface area contributed by atoms with E-state index in [2.05, 4.69) is 64.2 Å². The molecule has 4 rings (SSSR count). The lowest BCUT2D eigenvalue weighted by Crippen LogP contribution is -2.48. The van der Waals surface area contributed by atoms with Gasteiger partial charge >= 0.3 is 0 Å². The van der Waals surface area contributed by atoms with Gasteiger partial charge in [0.25, 0.3) is 0 Å². The molecular weight excluding hydrogens is 308 g/mol. The van der Waals surface area contributed by atoms with Crippen molar-refractivity contribution < 1.29 is 4.79 Å². The Morgan fingerprint density at radius 3 is 2.08 bits per heavy atom. The minimum absolute atomic E-state index is 0.103. The lowest BCUT2D eigenvalue weighted by Gasteiger charge is -2.39. The number of anilines is 2. The Hall–Kier alpha value is -2.13. The van der Waals surface area contributed by atoms with Crippen LogP contribution in [0.5, 0.6) is 0 Å². The Bertz CT molecular complexity index is 861. The SMILES string of the molecule is Cc1cc(C)c(N2C(=O)C3NCCC3c3cc(C)cc(C)c32)c(C)c1. The highest BCUT2D eigenvalue weighted by atomic mass is 16.2. The van der Waals surface area contributed by atoms with Crippen molar-refractivity contribution in [2.75, 3.05) is 11.4 Å². The van der Waals surface area contributed by atoms with Crippen LogP contribution < -0.4 is 10.2 Å². The molecule has 1 amide bonds. The van der Waals surface area contributed by atoms with Gasteiger partial charge in [-0.1, -0.05) is 35.4 Å². The fraction of sp³-hybridized carbons (Fsp3) is 0.409. The fourth-order valence-corrected chi connectivity index (χ4v) is 4.88. The number of aryl methyl sites for hydroxylation is 5. The summed E-state index contributed by atoms with van der Waals surface area (Å²) in [6.07, 6.45) is 1.03. The highest BCUT2D eigenvalue weighted by Crippen LogP contribution is 2.47. The van der Waals surface area contributed by atoms with E-state index >= 15 is 0 Å². The van der Waals surface area contributed by atoms with Gasteiger partial charge in [0.1, 0.15) is 0 Å². The van der Waals surface area contributed by atoms with Gasteiger partial charge in [0.05, 0.1) is 17.4 Å². The van der Waals surface area contributed by atoms with Gasteiger partial charge in [-0.05, 0) is 69.8 Å². The molecular formula is C22H26N2O. The molecule has 0 spiro atoms. The van der Waals surface area contributed by atoms with Crippen molar-refractivity contribution in [1.82, 2.24) is 5.32 Å². The van der Waals surface area contributed by atoms with Crippen LogP contribution in [0.2, 0.25) is 0 Å². The maximum Gasteiger partial charge on any atom is 0.249 e. The number of nitrogens with one attached hydrogen (secondary N) is 1. The number of fused-ring (bicyclic) bond motifs is 3. The Balaban J connectivity index is 2.01. The minimum Gasteiger partial charge on any atom is -0.305 e. The molecule has 2 atom stereocenters. The molecule has 0 aromatic heterocycles. The minimum atomic E-state index is -0.103. The van der Waals surface area contributed by atoms with Gasteiger partial charge in [-0.15, -0.1) is 0 Å². The Labute approximate surface area is 150 Å². The number of carbonyl (C=O) groups is 1. The Morgan fingerprint density at radius 1 is 0.880 bits per heavy atom. The summed E-state index contributed by atoms with van der Waals surface area (Å²) in [5, 5.41) is 3.45. The van der Waals surface area contributed by atoms with E-state index in [4.69, 9.17) is 0 Å². The van der Waals surface area contributed by atoms with E-state index in [1.807, 2.05) is 4.90 Å². The first-order valence-electron chi connectivity index (χ1n) is 9.15. The average molecular weight is 334 g/mol. The van der Waals surface area contributed by atoms with Crippen LogP contribution in [-0.4, -0.2) is 18.5 Å². The Morgan fingerprint density at radius 2 is 1.44 bits per heavy atom. The van der Waals surface area contributed by atoms with E-state index < -0.39 is 0 Å². The zero-order chi connectivity index (χ0) is 17.9. The standard InChI is InChI=1S/C22H26N2O/c1-12-8-14(3)20(15(4)9-12)24-21-16(5)10-13(2)11-18(21)17-6-7-23-19(17)22(24)25/h8-11,17,19,23H,6-7H2,1-5H3. The molecule has 3 nitrogen and oxygen atoms in total. The van der Waals surface area contributed by atoms with Gasteiger partial charge in [-0.25, -0.2) is 0 Å². The van der Waals surface area contributed by atoms with E-state index in [0.29, 0.717) is 5.92 Å². The molecule has 130 valence electrons. The van der Waals surface area contributed by atoms with Crippen LogP contribution in [0.1, 0.15) is 45.7 Å². The summed E-state index contributed by atoms with van der Waals surface area (Å²) in [4.78, 5) is 15.5. The molecule has 1 N–H and O–H groups in total. The van der Waals surface area contributed by atoms with Crippen molar-refractivity contribution >= 4 is 17.3 Å². The zero-order valence-corrected chi connectivity index (χ0v) is 15.7. The normalized spacial score (nSPS) is 22.1. The predicted molar refractivity (Wildman–Crippen MR) is 103 cm³/mol. The second kappa shape index (κ2) is 5.70. The van der Waals surface area contributed by atoms with Crippen LogP contribution in [0, 0.1) is 34.6 Å². The van der Waals surface area contributed by atoms with Gasteiger partial charge in [-0.2, -0.15) is 0 Å². The summed E-state index contributed by atoms with van der Waals surface area (Å²) in [6.45, 7) is 11.5. The van der Waals surface area contributed by atoms with Crippen molar-refractivity contribution in [2.24, 2.45) is 0 Å². The largest absolute Gasteiger partial charge is 0.305 e. The molecule has 25 heavy (non-hydrogen) atoms. The van der Waals surface area contributed by atoms with E-state index in [-0.39, 0.29) is 11.9 Å². The summed E-state index contributed by atoms with van der Waals surface area (Å²) in [7, 11) is 0. The molecule has 2 aliphatic heterocycles. The number of benzene rings is 2. The molecule has 0 radical (unpaired) electrons. The summed E-state index contributed by atoms with van der Waals surface area (Å²) in [5.41, 5.74) is 9.50. The Kier molecular flexibility index (Phi) is 3.73. The molecule has 1 fully saturated rings. The lowest BCUT2D eigenvalue weighted by molar-refractivity contribution is -0.120.